The third-order valence-corrected chi connectivity index (χ3v) is 4.94. The van der Waals surface area contributed by atoms with Crippen LogP contribution in [-0.4, -0.2) is 46.9 Å². The lowest BCUT2D eigenvalue weighted by atomic mass is 10.1. The molecular formula is C22H24N4O2. The maximum absolute atomic E-state index is 12.9. The maximum Gasteiger partial charge on any atom is 0.254 e. The van der Waals surface area contributed by atoms with Crippen molar-refractivity contribution in [1.82, 2.24) is 14.8 Å². The molecule has 28 heavy (non-hydrogen) atoms. The second-order valence-electron chi connectivity index (χ2n) is 6.92. The fourth-order valence-corrected chi connectivity index (χ4v) is 3.38. The van der Waals surface area contributed by atoms with Gasteiger partial charge in [-0.1, -0.05) is 30.3 Å². The highest BCUT2D eigenvalue weighted by Gasteiger charge is 2.22. The summed E-state index contributed by atoms with van der Waals surface area (Å²) >= 11 is 0. The number of carbonyl (C=O) groups is 1. The number of furan rings is 1. The first-order valence-corrected chi connectivity index (χ1v) is 9.56. The number of rotatable bonds is 6. The number of nitrogens with zero attached hydrogens (tertiary/aromatic N) is 3. The van der Waals surface area contributed by atoms with Crippen LogP contribution in [0.4, 0.5) is 5.82 Å². The van der Waals surface area contributed by atoms with Gasteiger partial charge in [0.05, 0.1) is 12.8 Å². The predicted octanol–water partition coefficient (Wildman–Crippen LogP) is 3.24. The van der Waals surface area contributed by atoms with Gasteiger partial charge in [0.1, 0.15) is 11.6 Å². The van der Waals surface area contributed by atoms with E-state index < -0.39 is 0 Å². The number of carbonyl (C=O) groups excluding carboxylic acids is 1. The zero-order chi connectivity index (χ0) is 19.2. The van der Waals surface area contributed by atoms with Crippen molar-refractivity contribution in [2.45, 2.75) is 13.1 Å². The van der Waals surface area contributed by atoms with E-state index in [1.54, 1.807) is 18.5 Å². The zero-order valence-corrected chi connectivity index (χ0v) is 15.8. The first-order chi connectivity index (χ1) is 13.8. The molecule has 0 saturated carbocycles. The molecule has 1 N–H and O–H groups in total. The molecule has 0 unspecified atom stereocenters. The molecular weight excluding hydrogens is 352 g/mol. The number of pyridine rings is 1. The van der Waals surface area contributed by atoms with Gasteiger partial charge in [-0.3, -0.25) is 9.69 Å². The summed E-state index contributed by atoms with van der Waals surface area (Å²) in [6.45, 7) is 4.71. The van der Waals surface area contributed by atoms with Gasteiger partial charge in [0.25, 0.3) is 5.91 Å². The van der Waals surface area contributed by atoms with Crippen molar-refractivity contribution >= 4 is 11.7 Å². The summed E-state index contributed by atoms with van der Waals surface area (Å²) < 4.78 is 5.31. The molecule has 1 aliphatic rings. The Morgan fingerprint density at radius 2 is 1.86 bits per heavy atom. The van der Waals surface area contributed by atoms with Crippen LogP contribution < -0.4 is 5.32 Å². The van der Waals surface area contributed by atoms with E-state index in [1.165, 1.54) is 5.56 Å². The number of aromatic nitrogens is 1. The normalized spacial score (nSPS) is 14.8. The SMILES string of the molecule is O=C(c1ccnc(NCc2ccco2)c1)N1CCN(Cc2ccccc2)CC1. The van der Waals surface area contributed by atoms with Crippen molar-refractivity contribution in [3.8, 4) is 0 Å². The molecule has 1 fully saturated rings. The van der Waals surface area contributed by atoms with Crippen LogP contribution in [0.15, 0.2) is 71.5 Å². The number of benzene rings is 1. The number of hydrogen-bond donors (Lipinski definition) is 1. The van der Waals surface area contributed by atoms with E-state index in [4.69, 9.17) is 4.42 Å². The highest BCUT2D eigenvalue weighted by Crippen LogP contribution is 2.14. The van der Waals surface area contributed by atoms with Crippen LogP contribution in [0.2, 0.25) is 0 Å². The summed E-state index contributed by atoms with van der Waals surface area (Å²) in [5.41, 5.74) is 1.97. The average molecular weight is 376 g/mol. The largest absolute Gasteiger partial charge is 0.467 e. The van der Waals surface area contributed by atoms with E-state index >= 15 is 0 Å². The molecule has 2 aromatic heterocycles. The van der Waals surface area contributed by atoms with E-state index in [0.29, 0.717) is 17.9 Å². The van der Waals surface area contributed by atoms with Crippen LogP contribution in [0.1, 0.15) is 21.7 Å². The third kappa shape index (κ3) is 4.58. The van der Waals surface area contributed by atoms with Crippen LogP contribution in [-0.2, 0) is 13.1 Å². The van der Waals surface area contributed by atoms with Gasteiger partial charge in [-0.05, 0) is 29.8 Å². The third-order valence-electron chi connectivity index (χ3n) is 4.94. The Kier molecular flexibility index (Phi) is 5.68. The zero-order valence-electron chi connectivity index (χ0n) is 15.8. The second kappa shape index (κ2) is 8.71. The van der Waals surface area contributed by atoms with Crippen LogP contribution in [0.3, 0.4) is 0 Å². The minimum absolute atomic E-state index is 0.0582. The molecule has 0 bridgehead atoms. The summed E-state index contributed by atoms with van der Waals surface area (Å²) in [6, 6.07) is 17.8. The van der Waals surface area contributed by atoms with Crippen molar-refractivity contribution in [3.05, 3.63) is 83.9 Å². The minimum atomic E-state index is 0.0582. The molecule has 6 heteroatoms. The van der Waals surface area contributed by atoms with Gasteiger partial charge in [-0.2, -0.15) is 0 Å². The number of nitrogens with one attached hydrogen (secondary N) is 1. The smallest absolute Gasteiger partial charge is 0.254 e. The molecule has 6 nitrogen and oxygen atoms in total. The van der Waals surface area contributed by atoms with E-state index in [-0.39, 0.29) is 5.91 Å². The predicted molar refractivity (Wildman–Crippen MR) is 108 cm³/mol. The monoisotopic (exact) mass is 376 g/mol. The van der Waals surface area contributed by atoms with Crippen LogP contribution >= 0.6 is 0 Å². The number of hydrogen-bond acceptors (Lipinski definition) is 5. The number of anilines is 1. The Morgan fingerprint density at radius 3 is 2.61 bits per heavy atom. The first-order valence-electron chi connectivity index (χ1n) is 9.56. The standard InChI is InChI=1S/C22H24N4O2/c27-22(19-8-9-23-21(15-19)24-16-20-7-4-14-28-20)26-12-10-25(11-13-26)17-18-5-2-1-3-6-18/h1-9,14-15H,10-13,16-17H2,(H,23,24). The van der Waals surface area contributed by atoms with E-state index in [0.717, 1.165) is 38.5 Å². The number of piperazine rings is 1. The molecule has 0 spiro atoms. The molecule has 1 aliphatic heterocycles. The molecule has 0 radical (unpaired) electrons. The highest BCUT2D eigenvalue weighted by atomic mass is 16.3. The quantitative estimate of drug-likeness (QED) is 0.716. The minimum Gasteiger partial charge on any atom is -0.467 e. The average Bonchev–Trinajstić information content (AvgIpc) is 3.27. The lowest BCUT2D eigenvalue weighted by Gasteiger charge is -2.34. The molecule has 1 aromatic carbocycles. The maximum atomic E-state index is 12.9. The van der Waals surface area contributed by atoms with Crippen LogP contribution in [0.5, 0.6) is 0 Å². The fourth-order valence-electron chi connectivity index (χ4n) is 3.38. The van der Waals surface area contributed by atoms with E-state index in [1.807, 2.05) is 29.2 Å². The Labute approximate surface area is 164 Å². The van der Waals surface area contributed by atoms with Gasteiger partial charge in [-0.15, -0.1) is 0 Å². The van der Waals surface area contributed by atoms with E-state index in [2.05, 4.69) is 39.5 Å². The van der Waals surface area contributed by atoms with Crippen LogP contribution in [0, 0.1) is 0 Å². The lowest BCUT2D eigenvalue weighted by Crippen LogP contribution is -2.48. The highest BCUT2D eigenvalue weighted by molar-refractivity contribution is 5.94. The summed E-state index contributed by atoms with van der Waals surface area (Å²) in [5, 5.41) is 3.20. The van der Waals surface area contributed by atoms with Gasteiger partial charge >= 0.3 is 0 Å². The van der Waals surface area contributed by atoms with Crippen molar-refractivity contribution < 1.29 is 9.21 Å². The Bertz CT molecular complexity index is 888. The molecule has 144 valence electrons. The van der Waals surface area contributed by atoms with Crippen molar-refractivity contribution in [3.63, 3.8) is 0 Å². The van der Waals surface area contributed by atoms with Gasteiger partial charge in [0.2, 0.25) is 0 Å². The second-order valence-corrected chi connectivity index (χ2v) is 6.92. The number of amides is 1. The summed E-state index contributed by atoms with van der Waals surface area (Å²) in [6.07, 6.45) is 3.31. The molecule has 1 saturated heterocycles. The van der Waals surface area contributed by atoms with Crippen LogP contribution in [0.25, 0.3) is 0 Å². The van der Waals surface area contributed by atoms with Gasteiger partial charge < -0.3 is 14.6 Å². The van der Waals surface area contributed by atoms with Gasteiger partial charge in [-0.25, -0.2) is 4.98 Å². The van der Waals surface area contributed by atoms with Gasteiger partial charge in [0.15, 0.2) is 0 Å². The molecule has 3 heterocycles. The summed E-state index contributed by atoms with van der Waals surface area (Å²) in [4.78, 5) is 21.5. The van der Waals surface area contributed by atoms with Crippen molar-refractivity contribution in [1.29, 1.82) is 0 Å². The summed E-state index contributed by atoms with van der Waals surface area (Å²) in [5.74, 6) is 1.56. The van der Waals surface area contributed by atoms with Crippen molar-refractivity contribution in [2.75, 3.05) is 31.5 Å². The molecule has 0 atom stereocenters. The first kappa shape index (κ1) is 18.3. The molecule has 1 amide bonds. The van der Waals surface area contributed by atoms with E-state index in [9.17, 15) is 4.79 Å². The lowest BCUT2D eigenvalue weighted by molar-refractivity contribution is 0.0628. The summed E-state index contributed by atoms with van der Waals surface area (Å²) in [7, 11) is 0. The Morgan fingerprint density at radius 1 is 1.04 bits per heavy atom. The Balaban J connectivity index is 1.31. The van der Waals surface area contributed by atoms with Crippen molar-refractivity contribution in [2.24, 2.45) is 0 Å². The molecule has 4 rings (SSSR count). The topological polar surface area (TPSA) is 61.6 Å². The van der Waals surface area contributed by atoms with Gasteiger partial charge in [0, 0.05) is 44.5 Å². The Hall–Kier alpha value is -3.12. The molecule has 0 aliphatic carbocycles. The fraction of sp³-hybridized carbons (Fsp3) is 0.273. The molecule has 3 aromatic rings.